The number of piperazine rings is 1. The minimum Gasteiger partial charge on any atom is -0.339 e. The Morgan fingerprint density at radius 1 is 1.47 bits per heavy atom. The Morgan fingerprint density at radius 3 is 2.65 bits per heavy atom. The van der Waals surface area contributed by atoms with Gasteiger partial charge in [0.2, 0.25) is 5.91 Å². The second kappa shape index (κ2) is 5.68. The molecule has 4 nitrogen and oxygen atoms in total. The van der Waals surface area contributed by atoms with Gasteiger partial charge >= 0.3 is 6.18 Å². The third kappa shape index (κ3) is 4.51. The smallest absolute Gasteiger partial charge is 0.339 e. The first-order valence-electron chi connectivity index (χ1n) is 5.53. The van der Waals surface area contributed by atoms with Crippen molar-refractivity contribution >= 4 is 5.91 Å². The van der Waals surface area contributed by atoms with Crippen LogP contribution in [0.5, 0.6) is 0 Å². The van der Waals surface area contributed by atoms with Crippen molar-refractivity contribution in [1.29, 1.82) is 0 Å². The first-order valence-corrected chi connectivity index (χ1v) is 5.53. The molecule has 1 aliphatic heterocycles. The van der Waals surface area contributed by atoms with E-state index in [2.05, 4.69) is 5.32 Å². The SMILES string of the molecule is CN(C)CCC(=O)N1CCN[C@@H](C(F)(F)F)C1. The van der Waals surface area contributed by atoms with Crippen molar-refractivity contribution in [3.05, 3.63) is 0 Å². The first-order chi connectivity index (χ1) is 7.80. The van der Waals surface area contributed by atoms with Crippen molar-refractivity contribution in [3.63, 3.8) is 0 Å². The number of carbonyl (C=O) groups is 1. The highest BCUT2D eigenvalue weighted by atomic mass is 19.4. The van der Waals surface area contributed by atoms with Gasteiger partial charge in [0.15, 0.2) is 0 Å². The van der Waals surface area contributed by atoms with Crippen LogP contribution in [0.1, 0.15) is 6.42 Å². The highest BCUT2D eigenvalue weighted by Gasteiger charge is 2.42. The molecule has 1 rings (SSSR count). The summed E-state index contributed by atoms with van der Waals surface area (Å²) in [6.07, 6.45) is -4.03. The van der Waals surface area contributed by atoms with E-state index in [4.69, 9.17) is 0 Å². The number of hydrogen-bond acceptors (Lipinski definition) is 3. The van der Waals surface area contributed by atoms with E-state index in [1.807, 2.05) is 19.0 Å². The molecular weight excluding hydrogens is 235 g/mol. The van der Waals surface area contributed by atoms with Gasteiger partial charge in [-0.1, -0.05) is 0 Å². The molecule has 0 saturated carbocycles. The number of alkyl halides is 3. The number of halogens is 3. The molecule has 1 fully saturated rings. The van der Waals surface area contributed by atoms with Crippen LogP contribution in [0.4, 0.5) is 13.2 Å². The zero-order valence-corrected chi connectivity index (χ0v) is 10.0. The summed E-state index contributed by atoms with van der Waals surface area (Å²) >= 11 is 0. The third-order valence-electron chi connectivity index (χ3n) is 2.70. The lowest BCUT2D eigenvalue weighted by Gasteiger charge is -2.34. The summed E-state index contributed by atoms with van der Waals surface area (Å²) in [5.41, 5.74) is 0. The van der Waals surface area contributed by atoms with Gasteiger partial charge in [-0.05, 0) is 14.1 Å². The maximum Gasteiger partial charge on any atom is 0.405 e. The number of rotatable bonds is 3. The topological polar surface area (TPSA) is 35.6 Å². The molecule has 1 amide bonds. The van der Waals surface area contributed by atoms with Crippen LogP contribution >= 0.6 is 0 Å². The van der Waals surface area contributed by atoms with E-state index < -0.39 is 12.2 Å². The fraction of sp³-hybridized carbons (Fsp3) is 0.900. The molecule has 1 heterocycles. The first kappa shape index (κ1) is 14.2. The van der Waals surface area contributed by atoms with Crippen LogP contribution in [0.15, 0.2) is 0 Å². The largest absolute Gasteiger partial charge is 0.405 e. The maximum absolute atomic E-state index is 12.5. The minimum absolute atomic E-state index is 0.192. The van der Waals surface area contributed by atoms with Crippen LogP contribution in [0, 0.1) is 0 Å². The summed E-state index contributed by atoms with van der Waals surface area (Å²) in [6.45, 7) is 0.811. The number of hydrogen-bond donors (Lipinski definition) is 1. The molecule has 0 radical (unpaired) electrons. The molecule has 100 valence electrons. The molecule has 1 aliphatic rings. The highest BCUT2D eigenvalue weighted by Crippen LogP contribution is 2.22. The molecule has 1 N–H and O–H groups in total. The lowest BCUT2D eigenvalue weighted by atomic mass is 10.2. The molecule has 0 bridgehead atoms. The summed E-state index contributed by atoms with van der Waals surface area (Å²) in [5, 5.41) is 2.38. The van der Waals surface area contributed by atoms with E-state index in [-0.39, 0.29) is 25.4 Å². The van der Waals surface area contributed by atoms with Crippen LogP contribution in [-0.4, -0.2) is 68.2 Å². The van der Waals surface area contributed by atoms with Gasteiger partial charge in [0.25, 0.3) is 0 Å². The van der Waals surface area contributed by atoms with Crippen molar-refractivity contribution in [3.8, 4) is 0 Å². The molecule has 0 aromatic rings. The van der Waals surface area contributed by atoms with Crippen LogP contribution in [0.2, 0.25) is 0 Å². The zero-order valence-electron chi connectivity index (χ0n) is 10.0. The van der Waals surface area contributed by atoms with E-state index in [0.29, 0.717) is 13.1 Å². The Kier molecular flexibility index (Phi) is 4.76. The van der Waals surface area contributed by atoms with Gasteiger partial charge in [0, 0.05) is 32.6 Å². The quantitative estimate of drug-likeness (QED) is 0.786. The molecule has 17 heavy (non-hydrogen) atoms. The fourth-order valence-corrected chi connectivity index (χ4v) is 1.67. The second-order valence-electron chi connectivity index (χ2n) is 4.44. The summed E-state index contributed by atoms with van der Waals surface area (Å²) in [5.74, 6) is -0.213. The number of carbonyl (C=O) groups excluding carboxylic acids is 1. The van der Waals surface area contributed by atoms with Crippen molar-refractivity contribution < 1.29 is 18.0 Å². The van der Waals surface area contributed by atoms with E-state index in [0.717, 1.165) is 0 Å². The number of nitrogens with one attached hydrogen (secondary N) is 1. The molecule has 0 aliphatic carbocycles. The molecule has 0 aromatic carbocycles. The van der Waals surface area contributed by atoms with Crippen molar-refractivity contribution in [2.45, 2.75) is 18.6 Å². The van der Waals surface area contributed by atoms with Crippen molar-refractivity contribution in [2.24, 2.45) is 0 Å². The Balaban J connectivity index is 2.46. The number of amides is 1. The summed E-state index contributed by atoms with van der Waals surface area (Å²) in [4.78, 5) is 14.8. The van der Waals surface area contributed by atoms with Crippen molar-refractivity contribution in [1.82, 2.24) is 15.1 Å². The fourth-order valence-electron chi connectivity index (χ4n) is 1.67. The Bertz CT molecular complexity index is 268. The van der Waals surface area contributed by atoms with E-state index in [1.165, 1.54) is 4.90 Å². The van der Waals surface area contributed by atoms with Crippen LogP contribution < -0.4 is 5.32 Å². The van der Waals surface area contributed by atoms with Crippen molar-refractivity contribution in [2.75, 3.05) is 40.3 Å². The monoisotopic (exact) mass is 253 g/mol. The zero-order chi connectivity index (χ0) is 13.1. The Morgan fingerprint density at radius 2 is 2.12 bits per heavy atom. The van der Waals surface area contributed by atoms with Gasteiger partial charge in [0.05, 0.1) is 0 Å². The van der Waals surface area contributed by atoms with Gasteiger partial charge in [0.1, 0.15) is 6.04 Å². The molecule has 0 unspecified atom stereocenters. The van der Waals surface area contributed by atoms with Crippen LogP contribution in [0.25, 0.3) is 0 Å². The minimum atomic E-state index is -4.29. The van der Waals surface area contributed by atoms with Crippen LogP contribution in [0.3, 0.4) is 0 Å². The average molecular weight is 253 g/mol. The average Bonchev–Trinajstić information content (AvgIpc) is 2.25. The van der Waals surface area contributed by atoms with Crippen LogP contribution in [-0.2, 0) is 4.79 Å². The standard InChI is InChI=1S/C10H18F3N3O/c1-15(2)5-3-9(17)16-6-4-14-8(7-16)10(11,12)13/h8,14H,3-7H2,1-2H3/t8-/m1/s1. The number of nitrogens with zero attached hydrogens (tertiary/aromatic N) is 2. The predicted octanol–water partition coefficient (Wildman–Crippen LogP) is 0.301. The van der Waals surface area contributed by atoms with Gasteiger partial charge in [-0.2, -0.15) is 13.2 Å². The van der Waals surface area contributed by atoms with Gasteiger partial charge in [-0.25, -0.2) is 0 Å². The predicted molar refractivity (Wildman–Crippen MR) is 57.6 cm³/mol. The molecule has 1 saturated heterocycles. The summed E-state index contributed by atoms with van der Waals surface area (Å²) in [6, 6.07) is -1.60. The molecule has 1 atom stereocenters. The lowest BCUT2D eigenvalue weighted by molar-refractivity contribution is -0.168. The molecular formula is C10H18F3N3O. The van der Waals surface area contributed by atoms with E-state index in [9.17, 15) is 18.0 Å². The molecule has 7 heteroatoms. The van der Waals surface area contributed by atoms with E-state index in [1.54, 1.807) is 0 Å². The molecule has 0 spiro atoms. The highest BCUT2D eigenvalue weighted by molar-refractivity contribution is 5.76. The maximum atomic E-state index is 12.5. The third-order valence-corrected chi connectivity index (χ3v) is 2.70. The normalized spacial score (nSPS) is 22.0. The van der Waals surface area contributed by atoms with Gasteiger partial charge < -0.3 is 15.1 Å². The van der Waals surface area contributed by atoms with Gasteiger partial charge in [-0.15, -0.1) is 0 Å². The van der Waals surface area contributed by atoms with Gasteiger partial charge in [-0.3, -0.25) is 4.79 Å². The lowest BCUT2D eigenvalue weighted by Crippen LogP contribution is -2.58. The second-order valence-corrected chi connectivity index (χ2v) is 4.44. The summed E-state index contributed by atoms with van der Waals surface area (Å²) < 4.78 is 37.5. The van der Waals surface area contributed by atoms with E-state index >= 15 is 0 Å². The molecule has 0 aromatic heterocycles. The summed E-state index contributed by atoms with van der Waals surface area (Å²) in [7, 11) is 3.65. The Labute approximate surface area is 98.7 Å². The Hall–Kier alpha value is -0.820.